The molecule has 0 N–H and O–H groups in total. The zero-order valence-corrected chi connectivity index (χ0v) is 13.1. The highest BCUT2D eigenvalue weighted by Gasteiger charge is 2.30. The maximum atomic E-state index is 5.47. The number of nitrogens with zero attached hydrogens (tertiary/aromatic N) is 3. The fraction of sp³-hybridized carbons (Fsp3) is 0.867. The van der Waals surface area contributed by atoms with Crippen molar-refractivity contribution in [2.45, 2.75) is 59.4 Å². The van der Waals surface area contributed by atoms with Crippen molar-refractivity contribution in [3.8, 4) is 0 Å². The molecule has 0 spiro atoms. The number of likely N-dealkylation sites (tertiary alicyclic amines) is 1. The van der Waals surface area contributed by atoms with E-state index in [4.69, 9.17) is 4.52 Å². The third-order valence-corrected chi connectivity index (χ3v) is 3.91. The smallest absolute Gasteiger partial charge is 0.243 e. The summed E-state index contributed by atoms with van der Waals surface area (Å²) < 4.78 is 5.47. The van der Waals surface area contributed by atoms with E-state index in [0.717, 1.165) is 36.6 Å². The molecule has 3 atom stereocenters. The van der Waals surface area contributed by atoms with Crippen LogP contribution in [0.25, 0.3) is 0 Å². The van der Waals surface area contributed by atoms with Gasteiger partial charge in [-0.1, -0.05) is 39.8 Å². The van der Waals surface area contributed by atoms with E-state index < -0.39 is 0 Å². The van der Waals surface area contributed by atoms with E-state index in [1.807, 2.05) is 0 Å². The number of hydrogen-bond donors (Lipinski definition) is 0. The SMILES string of the molecule is CC1CC(C)CN(C(C)c2nc(C(C)(C)C)no2)C1. The molecule has 4 heteroatoms. The van der Waals surface area contributed by atoms with Crippen LogP contribution in [0.2, 0.25) is 0 Å². The van der Waals surface area contributed by atoms with Gasteiger partial charge in [0.25, 0.3) is 0 Å². The highest BCUT2D eigenvalue weighted by atomic mass is 16.5. The van der Waals surface area contributed by atoms with Crippen LogP contribution >= 0.6 is 0 Å². The minimum atomic E-state index is -0.0516. The number of rotatable bonds is 2. The second-order valence-corrected chi connectivity index (χ2v) is 7.28. The Labute approximate surface area is 116 Å². The van der Waals surface area contributed by atoms with Crippen molar-refractivity contribution < 1.29 is 4.52 Å². The van der Waals surface area contributed by atoms with Gasteiger partial charge < -0.3 is 4.52 Å². The minimum absolute atomic E-state index is 0.0516. The van der Waals surface area contributed by atoms with Crippen LogP contribution in [0.3, 0.4) is 0 Å². The second-order valence-electron chi connectivity index (χ2n) is 7.28. The molecule has 2 rings (SSSR count). The molecule has 1 aromatic heterocycles. The second kappa shape index (κ2) is 5.23. The Hall–Kier alpha value is -0.900. The Morgan fingerprint density at radius 3 is 2.26 bits per heavy atom. The maximum Gasteiger partial charge on any atom is 0.243 e. The van der Waals surface area contributed by atoms with Gasteiger partial charge in [-0.25, -0.2) is 0 Å². The van der Waals surface area contributed by atoms with E-state index in [1.54, 1.807) is 0 Å². The summed E-state index contributed by atoms with van der Waals surface area (Å²) in [5.74, 6) is 3.05. The van der Waals surface area contributed by atoms with Crippen molar-refractivity contribution in [1.29, 1.82) is 0 Å². The standard InChI is InChI=1S/C15H27N3O/c1-10-7-11(2)9-18(8-10)12(3)13-16-14(17-19-13)15(4,5)6/h10-12H,7-9H2,1-6H3. The van der Waals surface area contributed by atoms with Gasteiger partial charge in [-0.2, -0.15) is 4.98 Å². The van der Waals surface area contributed by atoms with E-state index in [2.05, 4.69) is 56.6 Å². The van der Waals surface area contributed by atoms with Gasteiger partial charge in [-0.15, -0.1) is 0 Å². The molecular weight excluding hydrogens is 238 g/mol. The predicted molar refractivity (Wildman–Crippen MR) is 75.9 cm³/mol. The molecule has 4 nitrogen and oxygen atoms in total. The molecule has 0 saturated carbocycles. The van der Waals surface area contributed by atoms with Crippen LogP contribution in [0.4, 0.5) is 0 Å². The van der Waals surface area contributed by atoms with Gasteiger partial charge in [0, 0.05) is 18.5 Å². The van der Waals surface area contributed by atoms with Gasteiger partial charge in [-0.3, -0.25) is 4.90 Å². The molecule has 1 fully saturated rings. The maximum absolute atomic E-state index is 5.47. The summed E-state index contributed by atoms with van der Waals surface area (Å²) in [4.78, 5) is 7.06. The Bertz CT molecular complexity index is 411. The summed E-state index contributed by atoms with van der Waals surface area (Å²) in [5.41, 5.74) is -0.0516. The Balaban J connectivity index is 2.11. The molecule has 19 heavy (non-hydrogen) atoms. The van der Waals surface area contributed by atoms with Crippen LogP contribution in [0.15, 0.2) is 4.52 Å². The summed E-state index contributed by atoms with van der Waals surface area (Å²) in [7, 11) is 0. The molecule has 1 aromatic rings. The van der Waals surface area contributed by atoms with E-state index in [-0.39, 0.29) is 11.5 Å². The average molecular weight is 265 g/mol. The van der Waals surface area contributed by atoms with Gasteiger partial charge in [0.1, 0.15) is 0 Å². The van der Waals surface area contributed by atoms with Gasteiger partial charge in [-0.05, 0) is 25.2 Å². The summed E-state index contributed by atoms with van der Waals surface area (Å²) in [5, 5.41) is 4.13. The first-order chi connectivity index (χ1) is 8.77. The number of piperidine rings is 1. The Morgan fingerprint density at radius 1 is 1.21 bits per heavy atom. The van der Waals surface area contributed by atoms with Crippen LogP contribution in [-0.2, 0) is 5.41 Å². The molecule has 0 radical (unpaired) electrons. The van der Waals surface area contributed by atoms with Crippen molar-refractivity contribution in [3.05, 3.63) is 11.7 Å². The third kappa shape index (κ3) is 3.35. The molecule has 1 saturated heterocycles. The molecular formula is C15H27N3O. The number of hydrogen-bond acceptors (Lipinski definition) is 4. The summed E-state index contributed by atoms with van der Waals surface area (Å²) in [6.45, 7) is 15.4. The number of aromatic nitrogens is 2. The topological polar surface area (TPSA) is 42.2 Å². The lowest BCUT2D eigenvalue weighted by molar-refractivity contribution is 0.0866. The van der Waals surface area contributed by atoms with Crippen LogP contribution < -0.4 is 0 Å². The van der Waals surface area contributed by atoms with E-state index >= 15 is 0 Å². The van der Waals surface area contributed by atoms with Crippen LogP contribution in [0.5, 0.6) is 0 Å². The normalized spacial score (nSPS) is 27.5. The fourth-order valence-electron chi connectivity index (χ4n) is 2.89. The predicted octanol–water partition coefficient (Wildman–Crippen LogP) is 3.41. The third-order valence-electron chi connectivity index (χ3n) is 3.91. The highest BCUT2D eigenvalue weighted by Crippen LogP contribution is 2.29. The van der Waals surface area contributed by atoms with Gasteiger partial charge in [0.15, 0.2) is 5.82 Å². The van der Waals surface area contributed by atoms with Crippen molar-refractivity contribution >= 4 is 0 Å². The molecule has 1 aliphatic rings. The summed E-state index contributed by atoms with van der Waals surface area (Å²) in [6.07, 6.45) is 1.32. The quantitative estimate of drug-likeness (QED) is 0.822. The van der Waals surface area contributed by atoms with Crippen molar-refractivity contribution in [1.82, 2.24) is 15.0 Å². The molecule has 108 valence electrons. The highest BCUT2D eigenvalue weighted by molar-refractivity contribution is 5.02. The first-order valence-corrected chi connectivity index (χ1v) is 7.35. The first kappa shape index (κ1) is 14.5. The zero-order chi connectivity index (χ0) is 14.2. The lowest BCUT2D eigenvalue weighted by Crippen LogP contribution is -2.40. The first-order valence-electron chi connectivity index (χ1n) is 7.35. The van der Waals surface area contributed by atoms with Crippen LogP contribution in [0, 0.1) is 11.8 Å². The van der Waals surface area contributed by atoms with Crippen LogP contribution in [0.1, 0.15) is 65.7 Å². The summed E-state index contributed by atoms with van der Waals surface area (Å²) >= 11 is 0. The van der Waals surface area contributed by atoms with Gasteiger partial charge in [0.05, 0.1) is 6.04 Å². The molecule has 0 amide bonds. The molecule has 0 bridgehead atoms. The fourth-order valence-corrected chi connectivity index (χ4v) is 2.89. The van der Waals surface area contributed by atoms with Gasteiger partial charge >= 0.3 is 0 Å². The molecule has 3 unspecified atom stereocenters. The largest absolute Gasteiger partial charge is 0.338 e. The lowest BCUT2D eigenvalue weighted by Gasteiger charge is -2.37. The van der Waals surface area contributed by atoms with E-state index in [1.165, 1.54) is 6.42 Å². The molecule has 1 aliphatic heterocycles. The zero-order valence-electron chi connectivity index (χ0n) is 13.1. The average Bonchev–Trinajstić information content (AvgIpc) is 2.75. The molecule has 2 heterocycles. The van der Waals surface area contributed by atoms with Crippen molar-refractivity contribution in [3.63, 3.8) is 0 Å². The molecule has 0 aliphatic carbocycles. The van der Waals surface area contributed by atoms with Crippen LogP contribution in [-0.4, -0.2) is 28.1 Å². The lowest BCUT2D eigenvalue weighted by atomic mass is 9.91. The van der Waals surface area contributed by atoms with Crippen molar-refractivity contribution in [2.75, 3.05) is 13.1 Å². The monoisotopic (exact) mass is 265 g/mol. The Morgan fingerprint density at radius 2 is 1.79 bits per heavy atom. The Kier molecular flexibility index (Phi) is 4.00. The van der Waals surface area contributed by atoms with E-state index in [9.17, 15) is 0 Å². The molecule has 0 aromatic carbocycles. The van der Waals surface area contributed by atoms with E-state index in [0.29, 0.717) is 0 Å². The summed E-state index contributed by atoms with van der Waals surface area (Å²) in [6, 6.07) is 0.216. The van der Waals surface area contributed by atoms with Gasteiger partial charge in [0.2, 0.25) is 5.89 Å². The van der Waals surface area contributed by atoms with Crippen molar-refractivity contribution in [2.24, 2.45) is 11.8 Å². The minimum Gasteiger partial charge on any atom is -0.338 e.